The highest BCUT2D eigenvalue weighted by molar-refractivity contribution is 7.91. The highest BCUT2D eigenvalue weighted by Crippen LogP contribution is 2.27. The average molecular weight is 304 g/mol. The van der Waals surface area contributed by atoms with Gasteiger partial charge in [-0.2, -0.15) is 0 Å². The quantitative estimate of drug-likeness (QED) is 0.781. The molecule has 5 heteroatoms. The van der Waals surface area contributed by atoms with Crippen LogP contribution in [0.2, 0.25) is 0 Å². The third-order valence-corrected chi connectivity index (χ3v) is 5.77. The minimum Gasteiger partial charge on any atom is -0.378 e. The van der Waals surface area contributed by atoms with Crippen LogP contribution in [0.25, 0.3) is 0 Å². The summed E-state index contributed by atoms with van der Waals surface area (Å²) in [5.41, 5.74) is 0.334. The Morgan fingerprint density at radius 3 is 2.42 bits per heavy atom. The Morgan fingerprint density at radius 2 is 1.89 bits per heavy atom. The van der Waals surface area contributed by atoms with E-state index in [1.807, 2.05) is 26.8 Å². The summed E-state index contributed by atoms with van der Waals surface area (Å²) < 4.78 is 24.5. The summed E-state index contributed by atoms with van der Waals surface area (Å²) in [7, 11) is -3.24. The van der Waals surface area contributed by atoms with E-state index in [0.717, 1.165) is 6.42 Å². The molecular formula is C14H22ClNO2S. The molecule has 0 aromatic heterocycles. The monoisotopic (exact) mass is 303 g/mol. The molecule has 1 atom stereocenters. The molecule has 108 valence electrons. The van der Waals surface area contributed by atoms with Crippen molar-refractivity contribution in [2.75, 3.05) is 16.9 Å². The highest BCUT2D eigenvalue weighted by Gasteiger charge is 2.24. The van der Waals surface area contributed by atoms with Crippen molar-refractivity contribution in [1.29, 1.82) is 0 Å². The molecule has 0 bridgehead atoms. The fourth-order valence-electron chi connectivity index (χ4n) is 1.76. The maximum absolute atomic E-state index is 12.2. The first-order valence-electron chi connectivity index (χ1n) is 6.54. The molecule has 0 saturated carbocycles. The largest absolute Gasteiger partial charge is 0.378 e. The number of para-hydroxylation sites is 1. The number of alkyl halides is 1. The zero-order valence-corrected chi connectivity index (χ0v) is 13.3. The molecule has 0 aliphatic heterocycles. The lowest BCUT2D eigenvalue weighted by molar-refractivity contribution is 0.551. The Kier molecular flexibility index (Phi) is 5.68. The van der Waals surface area contributed by atoms with E-state index < -0.39 is 9.84 Å². The van der Waals surface area contributed by atoms with E-state index in [1.165, 1.54) is 0 Å². The second kappa shape index (κ2) is 6.62. The van der Waals surface area contributed by atoms with Crippen molar-refractivity contribution in [2.45, 2.75) is 44.0 Å². The second-order valence-corrected chi connectivity index (χ2v) is 7.33. The molecule has 19 heavy (non-hydrogen) atoms. The molecule has 1 unspecified atom stereocenters. The fourth-order valence-corrected chi connectivity index (χ4v) is 3.51. The Balaban J connectivity index is 3.17. The second-order valence-electron chi connectivity index (χ2n) is 4.99. The van der Waals surface area contributed by atoms with E-state index in [9.17, 15) is 8.42 Å². The van der Waals surface area contributed by atoms with Gasteiger partial charge >= 0.3 is 0 Å². The number of sulfone groups is 1. The van der Waals surface area contributed by atoms with Crippen LogP contribution in [0.3, 0.4) is 0 Å². The molecule has 1 aromatic rings. The van der Waals surface area contributed by atoms with Gasteiger partial charge in [0.05, 0.1) is 16.3 Å². The van der Waals surface area contributed by atoms with E-state index in [2.05, 4.69) is 5.32 Å². The molecule has 0 aliphatic carbocycles. The van der Waals surface area contributed by atoms with Crippen LogP contribution >= 0.6 is 11.6 Å². The van der Waals surface area contributed by atoms with Crippen molar-refractivity contribution in [2.24, 2.45) is 0 Å². The third kappa shape index (κ3) is 4.11. The van der Waals surface area contributed by atoms with Gasteiger partial charge < -0.3 is 5.32 Å². The van der Waals surface area contributed by atoms with Gasteiger partial charge in [-0.05, 0) is 31.9 Å². The number of anilines is 1. The summed E-state index contributed by atoms with van der Waals surface area (Å²) in [6.07, 6.45) is 1.43. The van der Waals surface area contributed by atoms with Crippen LogP contribution in [0.5, 0.6) is 0 Å². The van der Waals surface area contributed by atoms with Gasteiger partial charge in [-0.1, -0.05) is 26.0 Å². The summed E-state index contributed by atoms with van der Waals surface area (Å²) in [4.78, 5) is 0.363. The van der Waals surface area contributed by atoms with Crippen LogP contribution in [0.15, 0.2) is 29.2 Å². The van der Waals surface area contributed by atoms with Gasteiger partial charge in [0, 0.05) is 11.4 Å². The Bertz CT molecular complexity index is 510. The number of nitrogens with one attached hydrogen (secondary N) is 1. The van der Waals surface area contributed by atoms with Crippen LogP contribution < -0.4 is 5.32 Å². The molecule has 0 amide bonds. The molecule has 0 saturated heterocycles. The van der Waals surface area contributed by atoms with Gasteiger partial charge in [-0.25, -0.2) is 8.42 Å². The molecule has 1 rings (SSSR count). The third-order valence-electron chi connectivity index (χ3n) is 3.21. The molecule has 0 spiro atoms. The van der Waals surface area contributed by atoms with E-state index in [4.69, 9.17) is 11.6 Å². The Hall–Kier alpha value is -0.740. The average Bonchev–Trinajstić information content (AvgIpc) is 2.39. The lowest BCUT2D eigenvalue weighted by atomic mass is 10.0. The first-order chi connectivity index (χ1) is 8.88. The van der Waals surface area contributed by atoms with Crippen molar-refractivity contribution >= 4 is 27.1 Å². The zero-order chi connectivity index (χ0) is 14.5. The van der Waals surface area contributed by atoms with Crippen molar-refractivity contribution in [3.63, 3.8) is 0 Å². The van der Waals surface area contributed by atoms with E-state index >= 15 is 0 Å². The van der Waals surface area contributed by atoms with Crippen LogP contribution in [0.4, 0.5) is 5.69 Å². The molecule has 0 radical (unpaired) electrons. The standard InChI is InChI=1S/C14H22ClNO2S/c1-4-10-19(17,18)13-9-7-6-8-12(13)16-14(3,5-2)11-15/h6-9,16H,4-5,10-11H2,1-3H3. The highest BCUT2D eigenvalue weighted by atomic mass is 35.5. The predicted octanol–water partition coefficient (Wildman–Crippen LogP) is 3.69. The number of hydrogen-bond acceptors (Lipinski definition) is 3. The Labute approximate surface area is 121 Å². The van der Waals surface area contributed by atoms with Crippen molar-refractivity contribution in [1.82, 2.24) is 0 Å². The minimum atomic E-state index is -3.24. The lowest BCUT2D eigenvalue weighted by Crippen LogP contribution is -2.36. The van der Waals surface area contributed by atoms with Crippen LogP contribution in [-0.2, 0) is 9.84 Å². The van der Waals surface area contributed by atoms with Gasteiger partial charge in [0.2, 0.25) is 0 Å². The number of rotatable bonds is 7. The van der Waals surface area contributed by atoms with Crippen LogP contribution in [-0.4, -0.2) is 25.6 Å². The summed E-state index contributed by atoms with van der Waals surface area (Å²) in [6, 6.07) is 7.02. The van der Waals surface area contributed by atoms with E-state index in [0.29, 0.717) is 22.9 Å². The maximum atomic E-state index is 12.2. The van der Waals surface area contributed by atoms with Gasteiger partial charge in [0.15, 0.2) is 9.84 Å². The zero-order valence-electron chi connectivity index (χ0n) is 11.7. The molecule has 0 heterocycles. The van der Waals surface area contributed by atoms with Gasteiger partial charge in [0.1, 0.15) is 0 Å². The van der Waals surface area contributed by atoms with E-state index in [-0.39, 0.29) is 11.3 Å². The number of hydrogen-bond donors (Lipinski definition) is 1. The van der Waals surface area contributed by atoms with Gasteiger partial charge in [-0.3, -0.25) is 0 Å². The summed E-state index contributed by atoms with van der Waals surface area (Å²) >= 11 is 5.97. The molecule has 0 aliphatic rings. The fraction of sp³-hybridized carbons (Fsp3) is 0.571. The molecule has 1 N–H and O–H groups in total. The predicted molar refractivity (Wildman–Crippen MR) is 81.8 cm³/mol. The van der Waals surface area contributed by atoms with Crippen molar-refractivity contribution in [3.8, 4) is 0 Å². The summed E-state index contributed by atoms with van der Waals surface area (Å²) in [5.74, 6) is 0.584. The normalized spacial score (nSPS) is 14.9. The minimum absolute atomic E-state index is 0.162. The topological polar surface area (TPSA) is 46.2 Å². The smallest absolute Gasteiger partial charge is 0.180 e. The summed E-state index contributed by atoms with van der Waals surface area (Å²) in [6.45, 7) is 5.88. The molecule has 0 fully saturated rings. The van der Waals surface area contributed by atoms with E-state index in [1.54, 1.807) is 18.2 Å². The van der Waals surface area contributed by atoms with Crippen molar-refractivity contribution < 1.29 is 8.42 Å². The Morgan fingerprint density at radius 1 is 1.26 bits per heavy atom. The first kappa shape index (κ1) is 16.3. The van der Waals surface area contributed by atoms with Gasteiger partial charge in [0.25, 0.3) is 0 Å². The lowest BCUT2D eigenvalue weighted by Gasteiger charge is -2.29. The molecular weight excluding hydrogens is 282 g/mol. The van der Waals surface area contributed by atoms with Crippen LogP contribution in [0.1, 0.15) is 33.6 Å². The molecule has 3 nitrogen and oxygen atoms in total. The SMILES string of the molecule is CCCS(=O)(=O)c1ccccc1NC(C)(CC)CCl. The molecule has 1 aromatic carbocycles. The first-order valence-corrected chi connectivity index (χ1v) is 8.73. The number of benzene rings is 1. The summed E-state index contributed by atoms with van der Waals surface area (Å²) in [5, 5.41) is 3.28. The maximum Gasteiger partial charge on any atom is 0.180 e. The number of halogens is 1. The van der Waals surface area contributed by atoms with Crippen LogP contribution in [0, 0.1) is 0 Å². The van der Waals surface area contributed by atoms with Gasteiger partial charge in [-0.15, -0.1) is 11.6 Å². The van der Waals surface area contributed by atoms with Crippen molar-refractivity contribution in [3.05, 3.63) is 24.3 Å².